The molecule has 0 heterocycles. The molecule has 2 aromatic rings. The van der Waals surface area contributed by atoms with Crippen LogP contribution in [0.15, 0.2) is 53.4 Å². The molecule has 0 spiro atoms. The van der Waals surface area contributed by atoms with Crippen molar-refractivity contribution in [2.45, 2.75) is 24.3 Å². The molecule has 28 heavy (non-hydrogen) atoms. The summed E-state index contributed by atoms with van der Waals surface area (Å²) in [6.45, 7) is 2.89. The van der Waals surface area contributed by atoms with Crippen molar-refractivity contribution in [3.63, 3.8) is 0 Å². The van der Waals surface area contributed by atoms with Gasteiger partial charge in [-0.2, -0.15) is 0 Å². The highest BCUT2D eigenvalue weighted by Crippen LogP contribution is 2.24. The van der Waals surface area contributed by atoms with Crippen LogP contribution in [-0.4, -0.2) is 45.9 Å². The molecular formula is C20H25ClN2O4S. The molecular weight excluding hydrogens is 400 g/mol. The Kier molecular flexibility index (Phi) is 8.00. The van der Waals surface area contributed by atoms with Crippen LogP contribution in [0.2, 0.25) is 5.02 Å². The van der Waals surface area contributed by atoms with Crippen LogP contribution in [0.4, 0.5) is 0 Å². The summed E-state index contributed by atoms with van der Waals surface area (Å²) < 4.78 is 31.4. The van der Waals surface area contributed by atoms with Gasteiger partial charge >= 0.3 is 0 Å². The van der Waals surface area contributed by atoms with E-state index in [0.717, 1.165) is 9.87 Å². The van der Waals surface area contributed by atoms with Crippen molar-refractivity contribution >= 4 is 27.5 Å². The maximum Gasteiger partial charge on any atom is 0.251 e. The molecule has 6 nitrogen and oxygen atoms in total. The summed E-state index contributed by atoms with van der Waals surface area (Å²) in [7, 11) is -0.904. The normalized spacial score (nSPS) is 12.8. The van der Waals surface area contributed by atoms with Gasteiger partial charge < -0.3 is 10.1 Å². The lowest BCUT2D eigenvalue weighted by Crippen LogP contribution is -2.26. The van der Waals surface area contributed by atoms with Crippen molar-refractivity contribution in [2.75, 3.05) is 27.2 Å². The van der Waals surface area contributed by atoms with Crippen LogP contribution < -0.4 is 5.32 Å². The zero-order chi connectivity index (χ0) is 20.7. The Morgan fingerprint density at radius 2 is 1.86 bits per heavy atom. The Morgan fingerprint density at radius 1 is 1.18 bits per heavy atom. The fraction of sp³-hybridized carbons (Fsp3) is 0.350. The van der Waals surface area contributed by atoms with E-state index in [1.165, 1.54) is 32.3 Å². The minimum atomic E-state index is -3.73. The lowest BCUT2D eigenvalue weighted by molar-refractivity contribution is 0.0635. The molecule has 0 fully saturated rings. The van der Waals surface area contributed by atoms with Crippen LogP contribution in [-0.2, 0) is 14.8 Å². The first-order valence-electron chi connectivity index (χ1n) is 8.90. The number of rotatable bonds is 9. The van der Waals surface area contributed by atoms with E-state index in [0.29, 0.717) is 19.6 Å². The Hall–Kier alpha value is -1.93. The van der Waals surface area contributed by atoms with Crippen LogP contribution in [0.5, 0.6) is 0 Å². The summed E-state index contributed by atoms with van der Waals surface area (Å²) in [6.07, 6.45) is 0.617. The number of hydrogen-bond acceptors (Lipinski definition) is 4. The monoisotopic (exact) mass is 424 g/mol. The molecule has 0 aliphatic rings. The Balaban J connectivity index is 1.87. The third-order valence-electron chi connectivity index (χ3n) is 4.20. The maximum absolute atomic E-state index is 12.3. The predicted octanol–water partition coefficient (Wildman–Crippen LogP) is 3.49. The number of nitrogens with zero attached hydrogens (tertiary/aromatic N) is 1. The Labute approximate surface area is 171 Å². The number of amides is 1. The van der Waals surface area contributed by atoms with E-state index in [9.17, 15) is 13.2 Å². The number of hydrogen-bond donors (Lipinski definition) is 1. The topological polar surface area (TPSA) is 75.7 Å². The van der Waals surface area contributed by atoms with Crippen LogP contribution in [0.3, 0.4) is 0 Å². The van der Waals surface area contributed by atoms with Crippen molar-refractivity contribution in [3.8, 4) is 0 Å². The molecule has 0 bridgehead atoms. The average molecular weight is 425 g/mol. The molecule has 8 heteroatoms. The average Bonchev–Trinajstić information content (AvgIpc) is 2.68. The summed E-state index contributed by atoms with van der Waals surface area (Å²) >= 11 is 6.00. The van der Waals surface area contributed by atoms with Gasteiger partial charge in [-0.25, -0.2) is 12.7 Å². The van der Waals surface area contributed by atoms with Crippen LogP contribution in [0, 0.1) is 0 Å². The third-order valence-corrected chi connectivity index (χ3v) is 6.49. The van der Waals surface area contributed by atoms with Crippen LogP contribution >= 0.6 is 11.6 Å². The first kappa shape index (κ1) is 22.4. The Morgan fingerprint density at radius 3 is 2.50 bits per heavy atom. The van der Waals surface area contributed by atoms with E-state index >= 15 is 0 Å². The number of carbonyl (C=O) groups is 1. The Bertz CT molecular complexity index is 902. The first-order chi connectivity index (χ1) is 13.2. The molecule has 0 saturated heterocycles. The van der Waals surface area contributed by atoms with Gasteiger partial charge in [-0.05, 0) is 37.1 Å². The highest BCUT2D eigenvalue weighted by atomic mass is 35.5. The van der Waals surface area contributed by atoms with E-state index in [1.54, 1.807) is 0 Å². The maximum atomic E-state index is 12.3. The number of benzene rings is 2. The van der Waals surface area contributed by atoms with Gasteiger partial charge in [0, 0.05) is 32.8 Å². The van der Waals surface area contributed by atoms with E-state index in [1.807, 2.05) is 37.3 Å². The molecule has 1 unspecified atom stereocenters. The summed E-state index contributed by atoms with van der Waals surface area (Å²) in [5.74, 6) is -0.358. The molecule has 1 amide bonds. The molecule has 0 aliphatic heterocycles. The second-order valence-corrected chi connectivity index (χ2v) is 8.99. The zero-order valence-electron chi connectivity index (χ0n) is 16.2. The molecule has 2 rings (SSSR count). The van der Waals surface area contributed by atoms with Crippen LogP contribution in [0.1, 0.15) is 35.4 Å². The predicted molar refractivity (Wildman–Crippen MR) is 110 cm³/mol. The third kappa shape index (κ3) is 5.78. The lowest BCUT2D eigenvalue weighted by Gasteiger charge is -2.14. The largest absolute Gasteiger partial charge is 0.374 e. The van der Waals surface area contributed by atoms with Crippen molar-refractivity contribution in [1.29, 1.82) is 0 Å². The molecule has 1 atom stereocenters. The van der Waals surface area contributed by atoms with Gasteiger partial charge in [0.25, 0.3) is 5.91 Å². The molecule has 0 radical (unpaired) electrons. The smallest absolute Gasteiger partial charge is 0.251 e. The van der Waals surface area contributed by atoms with Crippen molar-refractivity contribution < 1.29 is 17.9 Å². The van der Waals surface area contributed by atoms with Gasteiger partial charge in [-0.1, -0.05) is 41.9 Å². The minimum Gasteiger partial charge on any atom is -0.374 e. The number of ether oxygens (including phenoxy) is 1. The fourth-order valence-electron chi connectivity index (χ4n) is 2.50. The first-order valence-corrected chi connectivity index (χ1v) is 10.7. The lowest BCUT2D eigenvalue weighted by atomic mass is 10.1. The summed E-state index contributed by atoms with van der Waals surface area (Å²) in [5.41, 5.74) is 1.34. The number of nitrogens with one attached hydrogen (secondary N) is 1. The van der Waals surface area contributed by atoms with E-state index in [2.05, 4.69) is 5.32 Å². The fourth-order valence-corrected chi connectivity index (χ4v) is 3.89. The van der Waals surface area contributed by atoms with Gasteiger partial charge in [0.15, 0.2) is 0 Å². The number of carbonyl (C=O) groups excluding carboxylic acids is 1. The minimum absolute atomic E-state index is 0.0213. The standard InChI is InChI=1S/C20H25ClN2O4S/c1-15(16-8-5-4-6-9-16)27-13-7-12-22-20(24)17-10-11-18(21)19(14-17)28(25,26)23(2)3/h4-6,8-11,14-15H,7,12-13H2,1-3H3,(H,22,24). The molecule has 2 aromatic carbocycles. The number of sulfonamides is 1. The highest BCUT2D eigenvalue weighted by molar-refractivity contribution is 7.89. The van der Waals surface area contributed by atoms with Gasteiger partial charge in [-0.3, -0.25) is 4.79 Å². The van der Waals surface area contributed by atoms with Gasteiger partial charge in [0.2, 0.25) is 10.0 Å². The second kappa shape index (κ2) is 10.0. The molecule has 152 valence electrons. The van der Waals surface area contributed by atoms with Crippen LogP contribution in [0.25, 0.3) is 0 Å². The zero-order valence-corrected chi connectivity index (χ0v) is 17.8. The van der Waals surface area contributed by atoms with Gasteiger partial charge in [0.05, 0.1) is 11.1 Å². The number of halogens is 1. The molecule has 0 aliphatic carbocycles. The van der Waals surface area contributed by atoms with E-state index in [-0.39, 0.29) is 27.5 Å². The van der Waals surface area contributed by atoms with Crippen molar-refractivity contribution in [2.24, 2.45) is 0 Å². The van der Waals surface area contributed by atoms with Crippen molar-refractivity contribution in [3.05, 3.63) is 64.7 Å². The van der Waals surface area contributed by atoms with Gasteiger partial charge in [-0.15, -0.1) is 0 Å². The van der Waals surface area contributed by atoms with Gasteiger partial charge in [0.1, 0.15) is 4.90 Å². The molecule has 1 N–H and O–H groups in total. The van der Waals surface area contributed by atoms with E-state index in [4.69, 9.17) is 16.3 Å². The quantitative estimate of drug-likeness (QED) is 0.625. The molecule has 0 aromatic heterocycles. The summed E-state index contributed by atoms with van der Waals surface area (Å²) in [5, 5.41) is 2.85. The molecule has 0 saturated carbocycles. The SMILES string of the molecule is CC(OCCCNC(=O)c1ccc(Cl)c(S(=O)(=O)N(C)C)c1)c1ccccc1. The van der Waals surface area contributed by atoms with E-state index < -0.39 is 10.0 Å². The second-order valence-electron chi connectivity index (χ2n) is 6.47. The van der Waals surface area contributed by atoms with Crippen molar-refractivity contribution in [1.82, 2.24) is 9.62 Å². The summed E-state index contributed by atoms with van der Waals surface area (Å²) in [4.78, 5) is 12.2. The summed E-state index contributed by atoms with van der Waals surface area (Å²) in [6, 6.07) is 14.1. The highest BCUT2D eigenvalue weighted by Gasteiger charge is 2.22.